The first kappa shape index (κ1) is 15.5. The smallest absolute Gasteiger partial charge is 0.305 e. The van der Waals surface area contributed by atoms with E-state index in [0.29, 0.717) is 13.0 Å². The van der Waals surface area contributed by atoms with Crippen LogP contribution in [0.2, 0.25) is 0 Å². The topological polar surface area (TPSA) is 35.5 Å². The highest BCUT2D eigenvalue weighted by Crippen LogP contribution is 2.10. The summed E-state index contributed by atoms with van der Waals surface area (Å²) >= 11 is 0. The predicted molar refractivity (Wildman–Crippen MR) is 76.3 cm³/mol. The molecule has 0 amide bonds. The minimum absolute atomic E-state index is 0.0742. The summed E-state index contributed by atoms with van der Waals surface area (Å²) in [6, 6.07) is 9.88. The summed E-state index contributed by atoms with van der Waals surface area (Å²) in [6.07, 6.45) is 5.93. The molecule has 0 N–H and O–H groups in total. The molecule has 3 heteroatoms. The normalized spacial score (nSPS) is 10.2. The standard InChI is InChI=1S/C16H24O3/c1-2-18-16(17)13-9-4-3-5-10-14-19-15-11-7-6-8-12-15/h6-8,11-12H,2-5,9-10,13-14H2,1H3. The molecule has 3 nitrogen and oxygen atoms in total. The largest absolute Gasteiger partial charge is 0.494 e. The number of unbranched alkanes of at least 4 members (excludes halogenated alkanes) is 4. The first-order valence-corrected chi connectivity index (χ1v) is 7.16. The van der Waals surface area contributed by atoms with Crippen LogP contribution in [0, 0.1) is 0 Å². The Kier molecular flexibility index (Phi) is 8.52. The van der Waals surface area contributed by atoms with Crippen molar-refractivity contribution in [2.45, 2.75) is 45.4 Å². The van der Waals surface area contributed by atoms with Gasteiger partial charge in [0.05, 0.1) is 13.2 Å². The number of ether oxygens (including phenoxy) is 2. The van der Waals surface area contributed by atoms with Gasteiger partial charge in [0.1, 0.15) is 5.75 Å². The van der Waals surface area contributed by atoms with Crippen LogP contribution in [0.15, 0.2) is 30.3 Å². The Morgan fingerprint density at radius 2 is 1.68 bits per heavy atom. The van der Waals surface area contributed by atoms with Crippen molar-refractivity contribution in [3.8, 4) is 5.75 Å². The fourth-order valence-electron chi connectivity index (χ4n) is 1.84. The molecule has 0 radical (unpaired) electrons. The molecule has 0 aliphatic heterocycles. The van der Waals surface area contributed by atoms with Crippen LogP contribution < -0.4 is 4.74 Å². The summed E-state index contributed by atoms with van der Waals surface area (Å²) in [5, 5.41) is 0. The lowest BCUT2D eigenvalue weighted by Gasteiger charge is -2.05. The Labute approximate surface area is 115 Å². The zero-order chi connectivity index (χ0) is 13.8. The van der Waals surface area contributed by atoms with Gasteiger partial charge >= 0.3 is 5.97 Å². The fraction of sp³-hybridized carbons (Fsp3) is 0.562. The summed E-state index contributed by atoms with van der Waals surface area (Å²) in [7, 11) is 0. The van der Waals surface area contributed by atoms with Gasteiger partial charge in [-0.1, -0.05) is 37.5 Å². The van der Waals surface area contributed by atoms with Crippen LogP contribution in [0.3, 0.4) is 0 Å². The van der Waals surface area contributed by atoms with Crippen molar-refractivity contribution in [2.24, 2.45) is 0 Å². The molecule has 0 saturated carbocycles. The highest BCUT2D eigenvalue weighted by atomic mass is 16.5. The summed E-state index contributed by atoms with van der Waals surface area (Å²) in [6.45, 7) is 3.09. The van der Waals surface area contributed by atoms with Crippen LogP contribution in [0.5, 0.6) is 5.75 Å². The highest BCUT2D eigenvalue weighted by molar-refractivity contribution is 5.69. The first-order chi connectivity index (χ1) is 9.33. The average Bonchev–Trinajstić information content (AvgIpc) is 2.43. The minimum atomic E-state index is -0.0742. The molecular formula is C16H24O3. The van der Waals surface area contributed by atoms with E-state index in [1.54, 1.807) is 0 Å². The number of esters is 1. The van der Waals surface area contributed by atoms with Gasteiger partial charge in [0.2, 0.25) is 0 Å². The van der Waals surface area contributed by atoms with Crippen LogP contribution in [0.25, 0.3) is 0 Å². The van der Waals surface area contributed by atoms with E-state index in [4.69, 9.17) is 9.47 Å². The molecule has 1 rings (SSSR count). The molecule has 0 aromatic heterocycles. The third-order valence-electron chi connectivity index (χ3n) is 2.84. The molecule has 0 fully saturated rings. The molecule has 106 valence electrons. The van der Waals surface area contributed by atoms with Crippen LogP contribution in [0.4, 0.5) is 0 Å². The number of rotatable bonds is 10. The maximum absolute atomic E-state index is 11.1. The molecule has 1 aromatic rings. The number of carbonyl (C=O) groups is 1. The first-order valence-electron chi connectivity index (χ1n) is 7.16. The van der Waals surface area contributed by atoms with Gasteiger partial charge < -0.3 is 9.47 Å². The molecule has 19 heavy (non-hydrogen) atoms. The van der Waals surface area contributed by atoms with Gasteiger partial charge in [0, 0.05) is 6.42 Å². The second-order valence-electron chi connectivity index (χ2n) is 4.48. The van der Waals surface area contributed by atoms with Crippen LogP contribution >= 0.6 is 0 Å². The molecular weight excluding hydrogens is 240 g/mol. The third kappa shape index (κ3) is 8.25. The zero-order valence-electron chi connectivity index (χ0n) is 11.8. The number of hydrogen-bond acceptors (Lipinski definition) is 3. The van der Waals surface area contributed by atoms with Gasteiger partial charge in [0.25, 0.3) is 0 Å². The predicted octanol–water partition coefficient (Wildman–Crippen LogP) is 3.97. The zero-order valence-corrected chi connectivity index (χ0v) is 11.8. The number of para-hydroxylation sites is 1. The molecule has 0 aliphatic carbocycles. The van der Waals surface area contributed by atoms with Crippen molar-refractivity contribution in [1.29, 1.82) is 0 Å². The summed E-state index contributed by atoms with van der Waals surface area (Å²) in [4.78, 5) is 11.1. The van der Waals surface area contributed by atoms with Crippen LogP contribution in [0.1, 0.15) is 45.4 Å². The highest BCUT2D eigenvalue weighted by Gasteiger charge is 2.00. The van der Waals surface area contributed by atoms with Gasteiger partial charge in [-0.2, -0.15) is 0 Å². The maximum Gasteiger partial charge on any atom is 0.305 e. The Bertz CT molecular complexity index is 335. The number of hydrogen-bond donors (Lipinski definition) is 0. The van der Waals surface area contributed by atoms with E-state index >= 15 is 0 Å². The summed E-state index contributed by atoms with van der Waals surface area (Å²) < 4.78 is 10.5. The molecule has 1 aromatic carbocycles. The molecule has 0 unspecified atom stereocenters. The lowest BCUT2D eigenvalue weighted by atomic mass is 10.1. The van der Waals surface area contributed by atoms with Crippen molar-refractivity contribution < 1.29 is 14.3 Å². The van der Waals surface area contributed by atoms with Gasteiger partial charge in [-0.05, 0) is 31.9 Å². The van der Waals surface area contributed by atoms with E-state index in [2.05, 4.69) is 0 Å². The summed E-state index contributed by atoms with van der Waals surface area (Å²) in [5.74, 6) is 0.861. The van der Waals surface area contributed by atoms with Gasteiger partial charge in [-0.25, -0.2) is 0 Å². The minimum Gasteiger partial charge on any atom is -0.494 e. The van der Waals surface area contributed by atoms with E-state index < -0.39 is 0 Å². The molecule has 0 aliphatic rings. The third-order valence-corrected chi connectivity index (χ3v) is 2.84. The van der Waals surface area contributed by atoms with Crippen molar-refractivity contribution in [3.63, 3.8) is 0 Å². The fourth-order valence-corrected chi connectivity index (χ4v) is 1.84. The Morgan fingerprint density at radius 1 is 1.00 bits per heavy atom. The van der Waals surface area contributed by atoms with E-state index in [0.717, 1.165) is 44.5 Å². The van der Waals surface area contributed by atoms with Gasteiger partial charge in [-0.3, -0.25) is 4.79 Å². The van der Waals surface area contributed by atoms with Crippen molar-refractivity contribution >= 4 is 5.97 Å². The maximum atomic E-state index is 11.1. The van der Waals surface area contributed by atoms with Crippen molar-refractivity contribution in [1.82, 2.24) is 0 Å². The van der Waals surface area contributed by atoms with Crippen molar-refractivity contribution in [2.75, 3.05) is 13.2 Å². The Hall–Kier alpha value is -1.51. The SMILES string of the molecule is CCOC(=O)CCCCCCCOc1ccccc1. The Balaban J connectivity index is 1.88. The van der Waals surface area contributed by atoms with Crippen LogP contribution in [-0.2, 0) is 9.53 Å². The quantitative estimate of drug-likeness (QED) is 0.474. The molecule has 0 bridgehead atoms. The van der Waals surface area contributed by atoms with Crippen molar-refractivity contribution in [3.05, 3.63) is 30.3 Å². The van der Waals surface area contributed by atoms with E-state index in [1.165, 1.54) is 0 Å². The van der Waals surface area contributed by atoms with E-state index in [-0.39, 0.29) is 5.97 Å². The van der Waals surface area contributed by atoms with Gasteiger partial charge in [0.15, 0.2) is 0 Å². The lowest BCUT2D eigenvalue weighted by molar-refractivity contribution is -0.143. The van der Waals surface area contributed by atoms with Crippen LogP contribution in [-0.4, -0.2) is 19.2 Å². The second kappa shape index (κ2) is 10.4. The monoisotopic (exact) mass is 264 g/mol. The molecule has 0 atom stereocenters. The molecule has 0 heterocycles. The van der Waals surface area contributed by atoms with E-state index in [1.807, 2.05) is 37.3 Å². The average molecular weight is 264 g/mol. The number of carbonyl (C=O) groups excluding carboxylic acids is 1. The second-order valence-corrected chi connectivity index (χ2v) is 4.48. The summed E-state index contributed by atoms with van der Waals surface area (Å²) in [5.41, 5.74) is 0. The Morgan fingerprint density at radius 3 is 2.42 bits per heavy atom. The van der Waals surface area contributed by atoms with E-state index in [9.17, 15) is 4.79 Å². The molecule has 0 saturated heterocycles. The lowest BCUT2D eigenvalue weighted by Crippen LogP contribution is -2.03. The van der Waals surface area contributed by atoms with Gasteiger partial charge in [-0.15, -0.1) is 0 Å². The number of benzene rings is 1. The molecule has 0 spiro atoms.